The molecule has 2 heterocycles. The third-order valence-electron chi connectivity index (χ3n) is 6.13. The number of hydrogen-bond acceptors (Lipinski definition) is 6. The summed E-state index contributed by atoms with van der Waals surface area (Å²) in [6.45, 7) is 1.59. The van der Waals surface area contributed by atoms with Crippen LogP contribution in [0.5, 0.6) is 5.75 Å². The van der Waals surface area contributed by atoms with E-state index in [0.29, 0.717) is 23.1 Å². The van der Waals surface area contributed by atoms with Crippen LogP contribution in [-0.4, -0.2) is 51.2 Å². The number of aryl methyl sites for hydroxylation is 1. The lowest BCUT2D eigenvalue weighted by molar-refractivity contribution is -0.138. The maximum absolute atomic E-state index is 13.7. The van der Waals surface area contributed by atoms with Gasteiger partial charge in [0, 0.05) is 26.1 Å². The Morgan fingerprint density at radius 2 is 1.89 bits per heavy atom. The number of benzene rings is 2. The number of pyridine rings is 1. The summed E-state index contributed by atoms with van der Waals surface area (Å²) >= 11 is 0. The molecule has 8 nitrogen and oxygen atoms in total. The number of aliphatic carboxylic acids is 1. The number of halogens is 3. The van der Waals surface area contributed by atoms with E-state index < -0.39 is 38.7 Å². The summed E-state index contributed by atoms with van der Waals surface area (Å²) in [5, 5.41) is 9.10. The number of fused-ring (bicyclic) bond motifs is 1. The van der Waals surface area contributed by atoms with Crippen LogP contribution >= 0.6 is 0 Å². The summed E-state index contributed by atoms with van der Waals surface area (Å²) in [5.74, 6) is -0.224. The van der Waals surface area contributed by atoms with Gasteiger partial charge in [-0.25, -0.2) is 13.4 Å². The van der Waals surface area contributed by atoms with Gasteiger partial charge in [-0.2, -0.15) is 13.2 Å². The number of ether oxygens (including phenoxy) is 1. The third kappa shape index (κ3) is 5.54. The van der Waals surface area contributed by atoms with Gasteiger partial charge >= 0.3 is 12.1 Å². The third-order valence-corrected chi connectivity index (χ3v) is 7.91. The molecule has 2 aromatic carbocycles. The van der Waals surface area contributed by atoms with Gasteiger partial charge in [-0.3, -0.25) is 9.10 Å². The number of aromatic nitrogens is 1. The molecule has 38 heavy (non-hydrogen) atoms. The Bertz CT molecular complexity index is 1480. The van der Waals surface area contributed by atoms with E-state index in [4.69, 9.17) is 9.84 Å². The predicted octanol–water partition coefficient (Wildman–Crippen LogP) is 4.96. The van der Waals surface area contributed by atoms with Crippen molar-refractivity contribution in [1.82, 2.24) is 4.98 Å². The molecule has 202 valence electrons. The topological polar surface area (TPSA) is 100 Å². The average Bonchev–Trinajstić information content (AvgIpc) is 2.86. The maximum atomic E-state index is 13.7. The largest absolute Gasteiger partial charge is 0.486 e. The van der Waals surface area contributed by atoms with Crippen LogP contribution in [0.2, 0.25) is 0 Å². The van der Waals surface area contributed by atoms with E-state index >= 15 is 0 Å². The molecule has 0 saturated carbocycles. The van der Waals surface area contributed by atoms with Crippen LogP contribution in [-0.2, 0) is 21.0 Å². The zero-order valence-corrected chi connectivity index (χ0v) is 21.7. The van der Waals surface area contributed by atoms with Crippen LogP contribution in [0.15, 0.2) is 59.5 Å². The fourth-order valence-corrected chi connectivity index (χ4v) is 5.69. The van der Waals surface area contributed by atoms with Crippen LogP contribution < -0.4 is 13.9 Å². The molecule has 1 N–H and O–H groups in total. The molecule has 1 aromatic heterocycles. The lowest BCUT2D eigenvalue weighted by Gasteiger charge is -2.36. The zero-order valence-electron chi connectivity index (χ0n) is 20.9. The molecule has 0 amide bonds. The smallest absolute Gasteiger partial charge is 0.416 e. The minimum absolute atomic E-state index is 0.0106. The van der Waals surface area contributed by atoms with Crippen LogP contribution in [0, 0.1) is 6.92 Å². The van der Waals surface area contributed by atoms with Crippen molar-refractivity contribution in [2.45, 2.75) is 36.9 Å². The first-order valence-corrected chi connectivity index (χ1v) is 13.1. The molecule has 0 spiro atoms. The normalized spacial score (nSPS) is 15.5. The molecular weight excluding hydrogens is 523 g/mol. The van der Waals surface area contributed by atoms with E-state index in [1.54, 1.807) is 18.2 Å². The van der Waals surface area contributed by atoms with Crippen molar-refractivity contribution in [1.29, 1.82) is 0 Å². The van der Waals surface area contributed by atoms with Crippen LogP contribution in [0.3, 0.4) is 0 Å². The van der Waals surface area contributed by atoms with Crippen LogP contribution in [0.1, 0.15) is 24.0 Å². The van der Waals surface area contributed by atoms with E-state index in [1.165, 1.54) is 0 Å². The van der Waals surface area contributed by atoms with Crippen molar-refractivity contribution in [3.8, 4) is 17.0 Å². The molecule has 1 atom stereocenters. The minimum atomic E-state index is -4.73. The van der Waals surface area contributed by atoms with E-state index in [9.17, 15) is 26.4 Å². The maximum Gasteiger partial charge on any atom is 0.416 e. The summed E-state index contributed by atoms with van der Waals surface area (Å²) < 4.78 is 74.4. The molecule has 12 heteroatoms. The Morgan fingerprint density at radius 1 is 1.16 bits per heavy atom. The summed E-state index contributed by atoms with van der Waals surface area (Å²) in [7, 11) is -0.811. The highest BCUT2D eigenvalue weighted by molar-refractivity contribution is 7.92. The molecule has 0 unspecified atom stereocenters. The lowest BCUT2D eigenvalue weighted by atomic mass is 10.0. The molecule has 0 bridgehead atoms. The molecule has 0 saturated heterocycles. The van der Waals surface area contributed by atoms with Crippen molar-refractivity contribution >= 4 is 27.5 Å². The number of hydrogen-bond donors (Lipinski definition) is 1. The van der Waals surface area contributed by atoms with Gasteiger partial charge in [-0.05, 0) is 61.4 Å². The van der Waals surface area contributed by atoms with Gasteiger partial charge in [0.25, 0.3) is 10.0 Å². The monoisotopic (exact) mass is 549 g/mol. The van der Waals surface area contributed by atoms with E-state index in [0.717, 1.165) is 28.1 Å². The van der Waals surface area contributed by atoms with Gasteiger partial charge in [0.05, 0.1) is 28.4 Å². The zero-order chi connectivity index (χ0) is 27.8. The van der Waals surface area contributed by atoms with Crippen molar-refractivity contribution in [2.75, 3.05) is 29.8 Å². The van der Waals surface area contributed by atoms with Gasteiger partial charge in [0.2, 0.25) is 0 Å². The minimum Gasteiger partial charge on any atom is -0.486 e. The van der Waals surface area contributed by atoms with Gasteiger partial charge in [0.1, 0.15) is 17.7 Å². The van der Waals surface area contributed by atoms with Crippen LogP contribution in [0.4, 0.5) is 24.7 Å². The first-order chi connectivity index (χ1) is 17.8. The standard InChI is InChI=1S/C26H26F3N3O5S/c1-16-7-11-23(31(2)3)30-25(16)17-8-10-22-21(13-17)32(15-19(37-22)9-12-24(33)34)38(35,36)20-6-4-5-18(14-20)26(27,28)29/h4-8,10-11,13-14,19H,9,12,15H2,1-3H3,(H,33,34)/t19-/m0/s1. The number of rotatable bonds is 7. The lowest BCUT2D eigenvalue weighted by Crippen LogP contribution is -2.43. The second-order valence-corrected chi connectivity index (χ2v) is 11.0. The van der Waals surface area contributed by atoms with Gasteiger partial charge < -0.3 is 14.7 Å². The Hall–Kier alpha value is -3.80. The second-order valence-electron chi connectivity index (χ2n) is 9.15. The van der Waals surface area contributed by atoms with Crippen molar-refractivity contribution < 1.29 is 36.2 Å². The number of carboxylic acids is 1. The van der Waals surface area contributed by atoms with E-state index in [2.05, 4.69) is 4.98 Å². The quantitative estimate of drug-likeness (QED) is 0.445. The number of anilines is 2. The SMILES string of the molecule is Cc1ccc(N(C)C)nc1-c1ccc2c(c1)N(S(=O)(=O)c1cccc(C(F)(F)F)c1)C[C@H](CCC(=O)O)O2. The molecular formula is C26H26F3N3O5S. The van der Waals surface area contributed by atoms with Gasteiger partial charge in [0.15, 0.2) is 0 Å². The summed E-state index contributed by atoms with van der Waals surface area (Å²) in [6, 6.07) is 12.1. The number of carboxylic acid groups (broad SMARTS) is 1. The number of nitrogens with zero attached hydrogens (tertiary/aromatic N) is 3. The van der Waals surface area contributed by atoms with Crippen molar-refractivity contribution in [2.24, 2.45) is 0 Å². The molecule has 0 radical (unpaired) electrons. The summed E-state index contributed by atoms with van der Waals surface area (Å²) in [4.78, 5) is 17.1. The summed E-state index contributed by atoms with van der Waals surface area (Å²) in [6.07, 6.45) is -5.80. The van der Waals surface area contributed by atoms with Crippen molar-refractivity contribution in [3.05, 3.63) is 65.7 Å². The highest BCUT2D eigenvalue weighted by Crippen LogP contribution is 2.41. The highest BCUT2D eigenvalue weighted by Gasteiger charge is 2.37. The van der Waals surface area contributed by atoms with Gasteiger partial charge in [-0.1, -0.05) is 12.1 Å². The Morgan fingerprint density at radius 3 is 2.55 bits per heavy atom. The Balaban J connectivity index is 1.84. The Kier molecular flexibility index (Phi) is 7.29. The molecule has 1 aliphatic heterocycles. The molecule has 4 rings (SSSR count). The second kappa shape index (κ2) is 10.2. The first kappa shape index (κ1) is 27.2. The highest BCUT2D eigenvalue weighted by atomic mass is 32.2. The number of carbonyl (C=O) groups is 1. The molecule has 3 aromatic rings. The van der Waals surface area contributed by atoms with Crippen LogP contribution in [0.25, 0.3) is 11.3 Å². The Labute approximate surface area is 218 Å². The number of sulfonamides is 1. The van der Waals surface area contributed by atoms with E-state index in [1.807, 2.05) is 38.1 Å². The number of alkyl halides is 3. The summed E-state index contributed by atoms with van der Waals surface area (Å²) in [5.41, 5.74) is 1.05. The molecule has 0 aliphatic carbocycles. The average molecular weight is 550 g/mol. The predicted molar refractivity (Wildman–Crippen MR) is 136 cm³/mol. The van der Waals surface area contributed by atoms with Gasteiger partial charge in [-0.15, -0.1) is 0 Å². The fraction of sp³-hybridized carbons (Fsp3) is 0.308. The molecule has 0 fully saturated rings. The molecule has 1 aliphatic rings. The fourth-order valence-electron chi connectivity index (χ4n) is 4.14. The first-order valence-electron chi connectivity index (χ1n) is 11.6. The van der Waals surface area contributed by atoms with Crippen molar-refractivity contribution in [3.63, 3.8) is 0 Å². The van der Waals surface area contributed by atoms with E-state index in [-0.39, 0.29) is 30.8 Å².